The number of anilines is 1. The van der Waals surface area contributed by atoms with Crippen LogP contribution in [0.5, 0.6) is 11.5 Å². The molecule has 2 unspecified atom stereocenters. The molecule has 0 bridgehead atoms. The minimum absolute atomic E-state index is 0.0668. The minimum Gasteiger partial charge on any atom is -0.508 e. The first kappa shape index (κ1) is 24.4. The molecule has 2 aliphatic heterocycles. The van der Waals surface area contributed by atoms with Crippen LogP contribution in [-0.2, 0) is 10.3 Å². The number of amides is 1. The summed E-state index contributed by atoms with van der Waals surface area (Å²) in [7, 11) is 1.61. The van der Waals surface area contributed by atoms with Crippen LogP contribution >= 0.6 is 15.9 Å². The van der Waals surface area contributed by atoms with E-state index in [1.807, 2.05) is 72.8 Å². The van der Waals surface area contributed by atoms with Crippen molar-refractivity contribution in [2.75, 3.05) is 12.4 Å². The number of carbonyl (C=O) groups excluding carboxylic acids is 2. The Kier molecular flexibility index (Phi) is 6.05. The lowest BCUT2D eigenvalue weighted by molar-refractivity contribution is -0.122. The van der Waals surface area contributed by atoms with E-state index in [1.54, 1.807) is 19.2 Å². The van der Waals surface area contributed by atoms with Gasteiger partial charge in [-0.2, -0.15) is 0 Å². The Morgan fingerprint density at radius 1 is 0.947 bits per heavy atom. The van der Waals surface area contributed by atoms with Crippen molar-refractivity contribution in [1.29, 1.82) is 0 Å². The van der Waals surface area contributed by atoms with Gasteiger partial charge in [0.1, 0.15) is 17.0 Å². The van der Waals surface area contributed by atoms with E-state index < -0.39 is 17.4 Å². The van der Waals surface area contributed by atoms with E-state index in [0.717, 1.165) is 15.6 Å². The first-order chi connectivity index (χ1) is 18.4. The largest absolute Gasteiger partial charge is 0.508 e. The average molecular weight is 569 g/mol. The fourth-order valence-electron chi connectivity index (χ4n) is 6.05. The van der Waals surface area contributed by atoms with Crippen LogP contribution in [0.3, 0.4) is 0 Å². The molecule has 1 fully saturated rings. The highest BCUT2D eigenvalue weighted by Gasteiger charge is 2.65. The fraction of sp³-hybridized carbons (Fsp3) is 0.161. The zero-order valence-electron chi connectivity index (χ0n) is 20.5. The summed E-state index contributed by atoms with van der Waals surface area (Å²) >= 11 is 3.57. The van der Waals surface area contributed by atoms with Gasteiger partial charge in [-0.3, -0.25) is 14.9 Å². The molecule has 190 valence electrons. The van der Waals surface area contributed by atoms with Crippen LogP contribution < -0.4 is 15.4 Å². The monoisotopic (exact) mass is 568 g/mol. The highest BCUT2D eigenvalue weighted by molar-refractivity contribution is 9.10. The van der Waals surface area contributed by atoms with E-state index in [1.165, 1.54) is 12.1 Å². The van der Waals surface area contributed by atoms with Crippen molar-refractivity contribution in [2.24, 2.45) is 5.92 Å². The second-order valence-electron chi connectivity index (χ2n) is 9.64. The van der Waals surface area contributed by atoms with Gasteiger partial charge in [0.05, 0.1) is 13.0 Å². The number of fused-ring (bicyclic) bond motifs is 2. The molecule has 2 heterocycles. The Balaban J connectivity index is 1.65. The number of ether oxygens (including phenoxy) is 1. The van der Waals surface area contributed by atoms with Crippen molar-refractivity contribution in [3.8, 4) is 11.5 Å². The molecule has 0 saturated carbocycles. The van der Waals surface area contributed by atoms with Crippen LogP contribution in [0.2, 0.25) is 0 Å². The summed E-state index contributed by atoms with van der Waals surface area (Å²) in [4.78, 5) is 28.6. The number of hydrogen-bond acceptors (Lipinski definition) is 5. The predicted octanol–water partition coefficient (Wildman–Crippen LogP) is 5.94. The van der Waals surface area contributed by atoms with Gasteiger partial charge in [-0.1, -0.05) is 64.5 Å². The summed E-state index contributed by atoms with van der Waals surface area (Å²) in [6.07, 6.45) is 0. The molecule has 1 spiro atoms. The lowest BCUT2D eigenvalue weighted by Crippen LogP contribution is -2.50. The third-order valence-electron chi connectivity index (χ3n) is 7.67. The number of carbonyl (C=O) groups is 2. The number of methoxy groups -OCH3 is 1. The van der Waals surface area contributed by atoms with E-state index in [-0.39, 0.29) is 23.5 Å². The van der Waals surface area contributed by atoms with Crippen molar-refractivity contribution in [2.45, 2.75) is 17.5 Å². The maximum Gasteiger partial charge on any atom is 0.250 e. The van der Waals surface area contributed by atoms with Crippen LogP contribution in [0.1, 0.15) is 39.0 Å². The third-order valence-corrected chi connectivity index (χ3v) is 8.16. The second-order valence-corrected chi connectivity index (χ2v) is 10.6. The first-order valence-corrected chi connectivity index (χ1v) is 13.1. The number of rotatable bonds is 5. The Morgan fingerprint density at radius 3 is 2.39 bits per heavy atom. The van der Waals surface area contributed by atoms with Gasteiger partial charge in [0.2, 0.25) is 5.91 Å². The van der Waals surface area contributed by atoms with Gasteiger partial charge in [0.25, 0.3) is 0 Å². The molecule has 6 nitrogen and oxygen atoms in total. The number of nitrogens with one attached hydrogen (secondary N) is 2. The third kappa shape index (κ3) is 3.73. The quantitative estimate of drug-likeness (QED) is 0.259. The Morgan fingerprint density at radius 2 is 1.66 bits per heavy atom. The summed E-state index contributed by atoms with van der Waals surface area (Å²) in [5.74, 6) is -1.05. The van der Waals surface area contributed by atoms with Crippen molar-refractivity contribution in [3.05, 3.63) is 124 Å². The van der Waals surface area contributed by atoms with Gasteiger partial charge in [0.15, 0.2) is 5.78 Å². The molecular formula is C31H25BrN2O4. The summed E-state index contributed by atoms with van der Waals surface area (Å²) < 4.78 is 6.58. The number of hydrogen-bond donors (Lipinski definition) is 3. The maximum absolute atomic E-state index is 14.6. The molecule has 2 aliphatic rings. The standard InChI is InChI=1S/C31H25BrN2O4/c1-38-25-10-6-5-9-22(25)26-27(29(36)19-11-14-21(35)15-12-19)31(34-28(26)18-7-3-2-4-8-18)23-17-20(32)13-16-24(23)33-30(31)37/h2-17,26-28,34-35H,1H3,(H,33,37)/t26-,27?,28+,31?/m0/s1. The van der Waals surface area contributed by atoms with Gasteiger partial charge in [-0.05, 0) is 59.7 Å². The smallest absolute Gasteiger partial charge is 0.250 e. The molecule has 38 heavy (non-hydrogen) atoms. The van der Waals surface area contributed by atoms with Crippen LogP contribution in [0.15, 0.2) is 102 Å². The summed E-state index contributed by atoms with van der Waals surface area (Å²) in [5, 5.41) is 16.6. The van der Waals surface area contributed by atoms with E-state index in [2.05, 4.69) is 26.6 Å². The Bertz CT molecular complexity index is 1540. The van der Waals surface area contributed by atoms with Gasteiger partial charge >= 0.3 is 0 Å². The maximum atomic E-state index is 14.6. The topological polar surface area (TPSA) is 87.7 Å². The lowest BCUT2D eigenvalue weighted by Gasteiger charge is -2.31. The van der Waals surface area contributed by atoms with Crippen molar-refractivity contribution in [1.82, 2.24) is 5.32 Å². The molecule has 0 aromatic heterocycles. The molecule has 4 atom stereocenters. The van der Waals surface area contributed by atoms with Crippen LogP contribution in [0.25, 0.3) is 0 Å². The van der Waals surface area contributed by atoms with Crippen LogP contribution in [-0.4, -0.2) is 23.9 Å². The van der Waals surface area contributed by atoms with Gasteiger partial charge in [-0.25, -0.2) is 0 Å². The van der Waals surface area contributed by atoms with Gasteiger partial charge < -0.3 is 15.2 Å². The molecule has 1 saturated heterocycles. The van der Waals surface area contributed by atoms with Crippen molar-refractivity contribution < 1.29 is 19.4 Å². The first-order valence-electron chi connectivity index (χ1n) is 12.3. The zero-order chi connectivity index (χ0) is 26.4. The number of halogens is 1. The van der Waals surface area contributed by atoms with Crippen molar-refractivity contribution in [3.63, 3.8) is 0 Å². The molecule has 3 N–H and O–H groups in total. The van der Waals surface area contributed by atoms with E-state index >= 15 is 0 Å². The number of para-hydroxylation sites is 1. The summed E-state index contributed by atoms with van der Waals surface area (Å²) in [6.45, 7) is 0. The number of phenols is 1. The number of ketones is 1. The number of phenolic OH excluding ortho intramolecular Hbond substituents is 1. The predicted molar refractivity (Wildman–Crippen MR) is 148 cm³/mol. The highest BCUT2D eigenvalue weighted by atomic mass is 79.9. The van der Waals surface area contributed by atoms with E-state index in [9.17, 15) is 14.7 Å². The Labute approximate surface area is 228 Å². The summed E-state index contributed by atoms with van der Waals surface area (Å²) in [6, 6.07) is 29.0. The Hall–Kier alpha value is -3.94. The number of aromatic hydroxyl groups is 1. The van der Waals surface area contributed by atoms with E-state index in [0.29, 0.717) is 22.6 Å². The second kappa shape index (κ2) is 9.42. The molecule has 4 aromatic carbocycles. The molecule has 0 radical (unpaired) electrons. The summed E-state index contributed by atoms with van der Waals surface area (Å²) in [5.41, 5.74) is 2.25. The number of Topliss-reactive ketones (excluding diaryl/α,β-unsaturated/α-hetero) is 1. The SMILES string of the molecule is COc1ccccc1[C@H]1C(C(=O)c2ccc(O)cc2)C2(N[C@@H]1c1ccccc1)C(=O)Nc1ccc(Br)cc12. The van der Waals surface area contributed by atoms with E-state index in [4.69, 9.17) is 4.74 Å². The minimum atomic E-state index is -1.35. The molecular weight excluding hydrogens is 544 g/mol. The van der Waals surface area contributed by atoms with Crippen LogP contribution in [0, 0.1) is 5.92 Å². The molecule has 1 amide bonds. The van der Waals surface area contributed by atoms with Crippen LogP contribution in [0.4, 0.5) is 5.69 Å². The fourth-order valence-corrected chi connectivity index (χ4v) is 6.41. The molecule has 4 aromatic rings. The average Bonchev–Trinajstić information content (AvgIpc) is 3.44. The highest BCUT2D eigenvalue weighted by Crippen LogP contribution is 2.58. The molecule has 7 heteroatoms. The van der Waals surface area contributed by atoms with Gasteiger partial charge in [0, 0.05) is 33.2 Å². The molecule has 0 aliphatic carbocycles. The zero-order valence-corrected chi connectivity index (χ0v) is 22.1. The molecule has 6 rings (SSSR count). The lowest BCUT2D eigenvalue weighted by atomic mass is 9.69. The normalized spacial score (nSPS) is 23.7. The van der Waals surface area contributed by atoms with Crippen molar-refractivity contribution >= 4 is 33.3 Å². The van der Waals surface area contributed by atoms with Gasteiger partial charge in [-0.15, -0.1) is 0 Å². The number of benzene rings is 4.